The fraction of sp³-hybridized carbons (Fsp3) is 0.727. The quantitative estimate of drug-likeness (QED) is 0.855. The van der Waals surface area contributed by atoms with Crippen LogP contribution >= 0.6 is 11.3 Å². The SMILES string of the molecule is Cc1csc(COC2CCCC2CN)n1. The Morgan fingerprint density at radius 2 is 2.47 bits per heavy atom. The summed E-state index contributed by atoms with van der Waals surface area (Å²) in [6.45, 7) is 3.42. The predicted octanol–water partition coefficient (Wildman–Crippen LogP) is 2.10. The van der Waals surface area contributed by atoms with Gasteiger partial charge in [0, 0.05) is 11.1 Å². The van der Waals surface area contributed by atoms with Crippen LogP contribution in [-0.4, -0.2) is 17.6 Å². The van der Waals surface area contributed by atoms with Gasteiger partial charge >= 0.3 is 0 Å². The Morgan fingerprint density at radius 3 is 3.13 bits per heavy atom. The Hall–Kier alpha value is -0.450. The number of aryl methyl sites for hydroxylation is 1. The van der Waals surface area contributed by atoms with E-state index in [1.807, 2.05) is 6.92 Å². The molecule has 0 spiro atoms. The van der Waals surface area contributed by atoms with Gasteiger partial charge in [0.15, 0.2) is 0 Å². The van der Waals surface area contributed by atoms with Crippen LogP contribution in [0, 0.1) is 12.8 Å². The van der Waals surface area contributed by atoms with Gasteiger partial charge in [0.25, 0.3) is 0 Å². The summed E-state index contributed by atoms with van der Waals surface area (Å²) in [5, 5.41) is 3.14. The first-order valence-electron chi connectivity index (χ1n) is 5.52. The lowest BCUT2D eigenvalue weighted by atomic mass is 10.1. The summed E-state index contributed by atoms with van der Waals surface area (Å²) in [6.07, 6.45) is 3.99. The largest absolute Gasteiger partial charge is 0.371 e. The van der Waals surface area contributed by atoms with E-state index >= 15 is 0 Å². The van der Waals surface area contributed by atoms with Gasteiger partial charge in [-0.15, -0.1) is 11.3 Å². The van der Waals surface area contributed by atoms with Crippen molar-refractivity contribution in [1.82, 2.24) is 4.98 Å². The van der Waals surface area contributed by atoms with Crippen molar-refractivity contribution in [2.45, 2.75) is 38.9 Å². The average molecular weight is 226 g/mol. The third-order valence-corrected chi connectivity index (χ3v) is 3.92. The van der Waals surface area contributed by atoms with E-state index in [0.29, 0.717) is 18.6 Å². The van der Waals surface area contributed by atoms with Gasteiger partial charge in [0.2, 0.25) is 0 Å². The van der Waals surface area contributed by atoms with Crippen LogP contribution in [-0.2, 0) is 11.3 Å². The third-order valence-electron chi connectivity index (χ3n) is 2.98. The minimum Gasteiger partial charge on any atom is -0.371 e. The van der Waals surface area contributed by atoms with Crippen molar-refractivity contribution in [2.75, 3.05) is 6.54 Å². The number of thiazole rings is 1. The molecule has 1 aliphatic rings. The fourth-order valence-corrected chi connectivity index (χ4v) is 2.83. The molecule has 1 aliphatic carbocycles. The van der Waals surface area contributed by atoms with Crippen LogP contribution in [0.15, 0.2) is 5.38 Å². The lowest BCUT2D eigenvalue weighted by Gasteiger charge is -2.17. The summed E-state index contributed by atoms with van der Waals surface area (Å²) in [4.78, 5) is 4.38. The molecule has 0 amide bonds. The van der Waals surface area contributed by atoms with Crippen molar-refractivity contribution in [2.24, 2.45) is 11.7 Å². The summed E-state index contributed by atoms with van der Waals surface area (Å²) in [6, 6.07) is 0. The van der Waals surface area contributed by atoms with Crippen molar-refractivity contribution in [3.05, 3.63) is 16.1 Å². The van der Waals surface area contributed by atoms with Crippen LogP contribution < -0.4 is 5.73 Å². The minimum atomic E-state index is 0.360. The summed E-state index contributed by atoms with van der Waals surface area (Å²) in [7, 11) is 0. The molecule has 3 nitrogen and oxygen atoms in total. The molecule has 0 radical (unpaired) electrons. The Labute approximate surface area is 94.7 Å². The van der Waals surface area contributed by atoms with Crippen LogP contribution in [0.5, 0.6) is 0 Å². The van der Waals surface area contributed by atoms with Crippen LogP contribution in [0.2, 0.25) is 0 Å². The van der Waals surface area contributed by atoms with Crippen molar-refractivity contribution < 1.29 is 4.74 Å². The second-order valence-corrected chi connectivity index (χ2v) is 5.10. The molecule has 0 saturated heterocycles. The third kappa shape index (κ3) is 2.77. The van der Waals surface area contributed by atoms with Crippen molar-refractivity contribution >= 4 is 11.3 Å². The standard InChI is InChI=1S/C11H18N2OS/c1-8-7-15-11(13-8)6-14-10-4-2-3-9(10)5-12/h7,9-10H,2-6,12H2,1H3. The molecule has 2 unspecified atom stereocenters. The van der Waals surface area contributed by atoms with Gasteiger partial charge in [-0.1, -0.05) is 6.42 Å². The molecule has 0 aliphatic heterocycles. The van der Waals surface area contributed by atoms with Crippen LogP contribution in [0.3, 0.4) is 0 Å². The molecule has 1 aromatic rings. The van der Waals surface area contributed by atoms with Crippen molar-refractivity contribution in [3.8, 4) is 0 Å². The molecular formula is C11H18N2OS. The second-order valence-electron chi connectivity index (χ2n) is 4.16. The zero-order valence-electron chi connectivity index (χ0n) is 9.11. The Kier molecular flexibility index (Phi) is 3.72. The van der Waals surface area contributed by atoms with E-state index in [-0.39, 0.29) is 0 Å². The lowest BCUT2D eigenvalue weighted by Crippen LogP contribution is -2.25. The molecule has 84 valence electrons. The second kappa shape index (κ2) is 5.05. The van der Waals surface area contributed by atoms with Gasteiger partial charge in [-0.3, -0.25) is 0 Å². The Morgan fingerprint density at radius 1 is 1.60 bits per heavy atom. The molecule has 2 rings (SSSR count). The molecule has 1 heterocycles. The normalized spacial score (nSPS) is 26.0. The van der Waals surface area contributed by atoms with Gasteiger partial charge < -0.3 is 10.5 Å². The van der Waals surface area contributed by atoms with Crippen LogP contribution in [0.25, 0.3) is 0 Å². The van der Waals surface area contributed by atoms with Gasteiger partial charge in [0.05, 0.1) is 12.7 Å². The van der Waals surface area contributed by atoms with Crippen molar-refractivity contribution in [3.63, 3.8) is 0 Å². The van der Waals surface area contributed by atoms with Gasteiger partial charge in [-0.25, -0.2) is 4.98 Å². The van der Waals surface area contributed by atoms with E-state index in [1.165, 1.54) is 12.8 Å². The topological polar surface area (TPSA) is 48.1 Å². The molecular weight excluding hydrogens is 208 g/mol. The zero-order chi connectivity index (χ0) is 10.7. The molecule has 0 aromatic carbocycles. The van der Waals surface area contributed by atoms with E-state index in [4.69, 9.17) is 10.5 Å². The maximum absolute atomic E-state index is 5.87. The molecule has 1 aromatic heterocycles. The molecule has 2 N–H and O–H groups in total. The number of aromatic nitrogens is 1. The maximum atomic E-state index is 5.87. The number of nitrogens with two attached hydrogens (primary N) is 1. The van der Waals surface area contributed by atoms with Gasteiger partial charge in [-0.05, 0) is 32.2 Å². The van der Waals surface area contributed by atoms with Gasteiger partial charge in [0.1, 0.15) is 5.01 Å². The summed E-state index contributed by atoms with van der Waals surface area (Å²) in [5.74, 6) is 0.561. The maximum Gasteiger partial charge on any atom is 0.119 e. The first-order valence-corrected chi connectivity index (χ1v) is 6.40. The minimum absolute atomic E-state index is 0.360. The van der Waals surface area contributed by atoms with E-state index in [1.54, 1.807) is 11.3 Å². The van der Waals surface area contributed by atoms with Crippen LogP contribution in [0.4, 0.5) is 0 Å². The highest BCUT2D eigenvalue weighted by molar-refractivity contribution is 7.09. The zero-order valence-corrected chi connectivity index (χ0v) is 9.93. The lowest BCUT2D eigenvalue weighted by molar-refractivity contribution is 0.0181. The number of hydrogen-bond acceptors (Lipinski definition) is 4. The molecule has 2 atom stereocenters. The number of nitrogens with zero attached hydrogens (tertiary/aromatic N) is 1. The molecule has 15 heavy (non-hydrogen) atoms. The monoisotopic (exact) mass is 226 g/mol. The first-order chi connectivity index (χ1) is 7.29. The van der Waals surface area contributed by atoms with E-state index in [0.717, 1.165) is 23.7 Å². The number of hydrogen-bond donors (Lipinski definition) is 1. The summed E-state index contributed by atoms with van der Waals surface area (Å²) in [5.41, 5.74) is 6.79. The van der Waals surface area contributed by atoms with Gasteiger partial charge in [-0.2, -0.15) is 0 Å². The number of ether oxygens (including phenoxy) is 1. The average Bonchev–Trinajstić information content (AvgIpc) is 2.83. The Balaban J connectivity index is 1.82. The summed E-state index contributed by atoms with van der Waals surface area (Å²) >= 11 is 1.67. The van der Waals surface area contributed by atoms with Crippen molar-refractivity contribution in [1.29, 1.82) is 0 Å². The molecule has 1 saturated carbocycles. The van der Waals surface area contributed by atoms with E-state index < -0.39 is 0 Å². The highest BCUT2D eigenvalue weighted by Gasteiger charge is 2.26. The molecule has 1 fully saturated rings. The van der Waals surface area contributed by atoms with Crippen LogP contribution in [0.1, 0.15) is 30.0 Å². The Bertz CT molecular complexity index is 313. The van der Waals surface area contributed by atoms with E-state index in [2.05, 4.69) is 10.4 Å². The summed E-state index contributed by atoms with van der Waals surface area (Å²) < 4.78 is 5.87. The highest BCUT2D eigenvalue weighted by atomic mass is 32.1. The molecule has 4 heteroatoms. The molecule has 0 bridgehead atoms. The highest BCUT2D eigenvalue weighted by Crippen LogP contribution is 2.28. The predicted molar refractivity (Wildman–Crippen MR) is 61.8 cm³/mol. The number of rotatable bonds is 4. The van der Waals surface area contributed by atoms with E-state index in [9.17, 15) is 0 Å². The first kappa shape index (κ1) is 11.0. The smallest absolute Gasteiger partial charge is 0.119 e. The fourth-order valence-electron chi connectivity index (χ4n) is 2.14.